The molecule has 1 aromatic rings. The summed E-state index contributed by atoms with van der Waals surface area (Å²) in [7, 11) is 3.93. The molecule has 0 aliphatic heterocycles. The number of Topliss-reactive ketones (excluding diaryl/α,β-unsaturated/α-hetero) is 1. The molecule has 0 N–H and O–H groups in total. The molecule has 0 aliphatic carbocycles. The number of carbonyl (C=O) groups excluding carboxylic acids is 1. The molecule has 0 fully saturated rings. The molecule has 16 heavy (non-hydrogen) atoms. The highest BCUT2D eigenvalue weighted by molar-refractivity contribution is 9.10. The van der Waals surface area contributed by atoms with E-state index in [-0.39, 0.29) is 11.3 Å². The zero-order valence-electron chi connectivity index (χ0n) is 10.2. The number of ketones is 1. The molecular weight excluding hydrogens is 286 g/mol. The van der Waals surface area contributed by atoms with E-state index in [9.17, 15) is 4.79 Å². The summed E-state index contributed by atoms with van der Waals surface area (Å²) >= 11 is 5.10. The second-order valence-electron chi connectivity index (χ2n) is 4.31. The Labute approximate surface area is 110 Å². The van der Waals surface area contributed by atoms with Crippen LogP contribution < -0.4 is 0 Å². The minimum Gasteiger partial charge on any atom is -0.297 e. The zero-order chi connectivity index (χ0) is 12.3. The van der Waals surface area contributed by atoms with Gasteiger partial charge in [0.2, 0.25) is 0 Å². The first kappa shape index (κ1) is 13.9. The van der Waals surface area contributed by atoms with Gasteiger partial charge in [0.1, 0.15) is 0 Å². The smallest absolute Gasteiger partial charge is 0.157 e. The molecule has 1 unspecified atom stereocenters. The number of hydrogen-bond donors (Lipinski definition) is 0. The molecular formula is C12H18BrNOS. The first-order chi connectivity index (χ1) is 7.41. The lowest BCUT2D eigenvalue weighted by atomic mass is 9.89. The van der Waals surface area contributed by atoms with Crippen molar-refractivity contribution in [2.45, 2.75) is 32.2 Å². The molecule has 0 aliphatic rings. The maximum Gasteiger partial charge on any atom is 0.157 e. The molecule has 1 aromatic heterocycles. The van der Waals surface area contributed by atoms with E-state index in [4.69, 9.17) is 0 Å². The van der Waals surface area contributed by atoms with Crippen molar-refractivity contribution >= 4 is 33.0 Å². The Bertz CT molecular complexity index is 375. The third-order valence-corrected chi connectivity index (χ3v) is 5.21. The average Bonchev–Trinajstić information content (AvgIpc) is 2.62. The van der Waals surface area contributed by atoms with Crippen molar-refractivity contribution in [1.82, 2.24) is 4.90 Å². The summed E-state index contributed by atoms with van der Waals surface area (Å²) in [6, 6.07) is 1.99. The SMILES string of the molecule is CCC(C)(C(=O)Cc1sccc1Br)N(C)C. The van der Waals surface area contributed by atoms with Crippen molar-refractivity contribution in [3.63, 3.8) is 0 Å². The van der Waals surface area contributed by atoms with Crippen LogP contribution in [0.4, 0.5) is 0 Å². The Morgan fingerprint density at radius 3 is 2.56 bits per heavy atom. The highest BCUT2D eigenvalue weighted by Gasteiger charge is 2.33. The lowest BCUT2D eigenvalue weighted by Crippen LogP contribution is -2.48. The molecule has 0 amide bonds. The summed E-state index contributed by atoms with van der Waals surface area (Å²) < 4.78 is 1.04. The molecule has 0 saturated carbocycles. The molecule has 1 rings (SSSR count). The Hall–Kier alpha value is -0.190. The van der Waals surface area contributed by atoms with Crippen molar-refractivity contribution < 1.29 is 4.79 Å². The molecule has 2 nitrogen and oxygen atoms in total. The van der Waals surface area contributed by atoms with Crippen LogP contribution in [0.25, 0.3) is 0 Å². The van der Waals surface area contributed by atoms with Crippen LogP contribution in [0, 0.1) is 0 Å². The van der Waals surface area contributed by atoms with Crippen LogP contribution in [0.2, 0.25) is 0 Å². The summed E-state index contributed by atoms with van der Waals surface area (Å²) in [6.45, 7) is 4.07. The molecule has 0 saturated heterocycles. The zero-order valence-corrected chi connectivity index (χ0v) is 12.6. The highest BCUT2D eigenvalue weighted by atomic mass is 79.9. The first-order valence-electron chi connectivity index (χ1n) is 5.34. The van der Waals surface area contributed by atoms with E-state index >= 15 is 0 Å². The normalized spacial score (nSPS) is 15.1. The minimum atomic E-state index is -0.358. The van der Waals surface area contributed by atoms with Gasteiger partial charge >= 0.3 is 0 Å². The molecule has 4 heteroatoms. The van der Waals surface area contributed by atoms with Gasteiger partial charge in [0, 0.05) is 15.8 Å². The summed E-state index contributed by atoms with van der Waals surface area (Å²) in [5, 5.41) is 2.01. The number of nitrogens with zero attached hydrogens (tertiary/aromatic N) is 1. The second-order valence-corrected chi connectivity index (χ2v) is 6.17. The van der Waals surface area contributed by atoms with E-state index < -0.39 is 0 Å². The van der Waals surface area contributed by atoms with Crippen LogP contribution in [0.15, 0.2) is 15.9 Å². The number of halogens is 1. The molecule has 90 valence electrons. The van der Waals surface area contributed by atoms with E-state index in [1.165, 1.54) is 0 Å². The molecule has 0 spiro atoms. The predicted molar refractivity (Wildman–Crippen MR) is 73.1 cm³/mol. The van der Waals surface area contributed by atoms with Gasteiger partial charge in [-0.1, -0.05) is 6.92 Å². The van der Waals surface area contributed by atoms with Gasteiger partial charge in [0.25, 0.3) is 0 Å². The number of thiophene rings is 1. The Morgan fingerprint density at radius 1 is 1.56 bits per heavy atom. The van der Waals surface area contributed by atoms with E-state index in [0.717, 1.165) is 15.8 Å². The lowest BCUT2D eigenvalue weighted by molar-refractivity contribution is -0.128. The Kier molecular flexibility index (Phi) is 4.71. The number of likely N-dealkylation sites (N-methyl/N-ethyl adjacent to an activating group) is 1. The topological polar surface area (TPSA) is 20.3 Å². The van der Waals surface area contributed by atoms with Crippen LogP contribution in [0.1, 0.15) is 25.1 Å². The fourth-order valence-electron chi connectivity index (χ4n) is 1.55. The second kappa shape index (κ2) is 5.43. The van der Waals surface area contributed by atoms with Crippen LogP contribution in [0.5, 0.6) is 0 Å². The first-order valence-corrected chi connectivity index (χ1v) is 7.01. The van der Waals surface area contributed by atoms with Gasteiger partial charge < -0.3 is 0 Å². The van der Waals surface area contributed by atoms with E-state index in [0.29, 0.717) is 6.42 Å². The molecule has 0 aromatic carbocycles. The summed E-state index contributed by atoms with van der Waals surface area (Å²) in [6.07, 6.45) is 1.35. The summed E-state index contributed by atoms with van der Waals surface area (Å²) in [5.74, 6) is 0.281. The summed E-state index contributed by atoms with van der Waals surface area (Å²) in [4.78, 5) is 15.4. The maximum absolute atomic E-state index is 12.3. The van der Waals surface area contributed by atoms with E-state index in [1.54, 1.807) is 11.3 Å². The van der Waals surface area contributed by atoms with Crippen LogP contribution in [-0.4, -0.2) is 30.3 Å². The van der Waals surface area contributed by atoms with E-state index in [1.807, 2.05) is 37.4 Å². The van der Waals surface area contributed by atoms with Gasteiger partial charge in [-0.15, -0.1) is 11.3 Å². The van der Waals surface area contributed by atoms with Gasteiger partial charge in [-0.25, -0.2) is 0 Å². The van der Waals surface area contributed by atoms with Gasteiger partial charge in [-0.3, -0.25) is 9.69 Å². The molecule has 1 atom stereocenters. The number of rotatable bonds is 5. The Balaban J connectivity index is 2.83. The van der Waals surface area contributed by atoms with Gasteiger partial charge in [-0.05, 0) is 54.8 Å². The van der Waals surface area contributed by atoms with Crippen LogP contribution >= 0.6 is 27.3 Å². The molecule has 0 bridgehead atoms. The number of hydrogen-bond acceptors (Lipinski definition) is 3. The monoisotopic (exact) mass is 303 g/mol. The van der Waals surface area contributed by atoms with Gasteiger partial charge in [0.15, 0.2) is 5.78 Å². The maximum atomic E-state index is 12.3. The van der Waals surface area contributed by atoms with E-state index in [2.05, 4.69) is 22.9 Å². The Morgan fingerprint density at radius 2 is 2.19 bits per heavy atom. The highest BCUT2D eigenvalue weighted by Crippen LogP contribution is 2.27. The summed E-state index contributed by atoms with van der Waals surface area (Å²) in [5.41, 5.74) is -0.358. The number of carbonyl (C=O) groups is 1. The average molecular weight is 304 g/mol. The van der Waals surface area contributed by atoms with Crippen molar-refractivity contribution in [3.05, 3.63) is 20.8 Å². The fraction of sp³-hybridized carbons (Fsp3) is 0.583. The van der Waals surface area contributed by atoms with Crippen molar-refractivity contribution in [2.24, 2.45) is 0 Å². The lowest BCUT2D eigenvalue weighted by Gasteiger charge is -2.34. The third-order valence-electron chi connectivity index (χ3n) is 3.29. The van der Waals surface area contributed by atoms with Crippen molar-refractivity contribution in [1.29, 1.82) is 0 Å². The van der Waals surface area contributed by atoms with Crippen molar-refractivity contribution in [2.75, 3.05) is 14.1 Å². The standard InChI is InChI=1S/C12H18BrNOS/c1-5-12(2,14(3)4)11(15)8-10-9(13)6-7-16-10/h6-7H,5,8H2,1-4H3. The molecule has 0 radical (unpaired) electrons. The van der Waals surface area contributed by atoms with Gasteiger partial charge in [-0.2, -0.15) is 0 Å². The predicted octanol–water partition coefficient (Wildman–Crippen LogP) is 3.35. The van der Waals surface area contributed by atoms with Crippen LogP contribution in [0.3, 0.4) is 0 Å². The third kappa shape index (κ3) is 2.73. The van der Waals surface area contributed by atoms with Gasteiger partial charge in [0.05, 0.1) is 5.54 Å². The quantitative estimate of drug-likeness (QED) is 0.831. The molecule has 1 heterocycles. The fourth-order valence-corrected chi connectivity index (χ4v) is 3.04. The minimum absolute atomic E-state index is 0.281. The van der Waals surface area contributed by atoms with Crippen molar-refractivity contribution in [3.8, 4) is 0 Å². The van der Waals surface area contributed by atoms with Crippen LogP contribution in [-0.2, 0) is 11.2 Å². The largest absolute Gasteiger partial charge is 0.297 e.